The molecule has 2 aliphatic rings. The van der Waals surface area contributed by atoms with E-state index in [-0.39, 0.29) is 47.6 Å². The maximum atomic E-state index is 11.7. The number of methoxy groups -OCH3 is 1. The van der Waals surface area contributed by atoms with Crippen LogP contribution < -0.4 is 20.1 Å². The number of nitrogens with one attached hydrogen (secondary N) is 2. The number of nitrogens with zero attached hydrogens (tertiary/aromatic N) is 1. The molecule has 1 atom stereocenters. The van der Waals surface area contributed by atoms with Gasteiger partial charge < -0.3 is 20.1 Å². The first-order chi connectivity index (χ1) is 13.5. The van der Waals surface area contributed by atoms with Gasteiger partial charge in [0.1, 0.15) is 0 Å². The molecule has 164 valence electrons. The van der Waals surface area contributed by atoms with E-state index < -0.39 is 9.84 Å². The zero-order valence-electron chi connectivity index (χ0n) is 17.1. The molecule has 1 aliphatic heterocycles. The minimum absolute atomic E-state index is 0. The topological polar surface area (TPSA) is 89.0 Å². The molecule has 0 aromatic heterocycles. The van der Waals surface area contributed by atoms with Crippen LogP contribution in [0.1, 0.15) is 44.6 Å². The number of hydrogen-bond donors (Lipinski definition) is 2. The van der Waals surface area contributed by atoms with E-state index in [1.807, 2.05) is 25.1 Å². The lowest BCUT2D eigenvalue weighted by molar-refractivity contribution is 0.198. The highest BCUT2D eigenvalue weighted by molar-refractivity contribution is 14.0. The van der Waals surface area contributed by atoms with Crippen molar-refractivity contribution in [1.82, 2.24) is 10.6 Å². The highest BCUT2D eigenvalue weighted by Crippen LogP contribution is 2.35. The number of halogens is 1. The molecule has 0 bridgehead atoms. The van der Waals surface area contributed by atoms with Gasteiger partial charge in [-0.05, 0) is 45.1 Å². The van der Waals surface area contributed by atoms with Gasteiger partial charge in [-0.25, -0.2) is 13.4 Å². The Morgan fingerprint density at radius 1 is 1.24 bits per heavy atom. The van der Waals surface area contributed by atoms with Crippen molar-refractivity contribution in [2.75, 3.05) is 25.2 Å². The summed E-state index contributed by atoms with van der Waals surface area (Å²) in [6.07, 6.45) is 5.39. The fourth-order valence-corrected chi connectivity index (χ4v) is 5.41. The first kappa shape index (κ1) is 24.0. The summed E-state index contributed by atoms with van der Waals surface area (Å²) < 4.78 is 35.2. The zero-order chi connectivity index (χ0) is 20.0. The Morgan fingerprint density at radius 3 is 2.62 bits per heavy atom. The number of aliphatic imine (C=N–C) groups is 1. The Balaban J connectivity index is 0.00000300. The van der Waals surface area contributed by atoms with E-state index in [0.717, 1.165) is 29.9 Å². The summed E-state index contributed by atoms with van der Waals surface area (Å²) >= 11 is 0. The molecule has 1 aromatic carbocycles. The van der Waals surface area contributed by atoms with Gasteiger partial charge in [0.25, 0.3) is 0 Å². The third-order valence-corrected chi connectivity index (χ3v) is 6.96. The van der Waals surface area contributed by atoms with Crippen LogP contribution in [0.4, 0.5) is 0 Å². The van der Waals surface area contributed by atoms with Crippen molar-refractivity contribution >= 4 is 39.8 Å². The minimum Gasteiger partial charge on any atom is -0.493 e. The Labute approximate surface area is 191 Å². The molecule has 3 rings (SSSR count). The van der Waals surface area contributed by atoms with Crippen molar-refractivity contribution in [3.8, 4) is 11.5 Å². The molecule has 0 radical (unpaired) electrons. The summed E-state index contributed by atoms with van der Waals surface area (Å²) in [7, 11) is -1.29. The van der Waals surface area contributed by atoms with Crippen LogP contribution in [0, 0.1) is 0 Å². The Morgan fingerprint density at radius 2 is 2.00 bits per heavy atom. The summed E-state index contributed by atoms with van der Waals surface area (Å²) in [5.74, 6) is 2.50. The smallest absolute Gasteiger partial charge is 0.191 e. The van der Waals surface area contributed by atoms with Gasteiger partial charge in [-0.2, -0.15) is 0 Å². The molecule has 2 fully saturated rings. The second kappa shape index (κ2) is 11.2. The number of guanidine groups is 1. The summed E-state index contributed by atoms with van der Waals surface area (Å²) in [6, 6.07) is 5.75. The lowest BCUT2D eigenvalue weighted by atomic mass is 10.1. The first-order valence-corrected chi connectivity index (χ1v) is 11.9. The SMILES string of the molecule is CCNC(=NCc1cccc(OC)c1OC1CCCC1)NC1CCS(=O)(=O)C1.I. The van der Waals surface area contributed by atoms with Gasteiger partial charge in [-0.3, -0.25) is 0 Å². The van der Waals surface area contributed by atoms with Crippen LogP contribution >= 0.6 is 24.0 Å². The molecular formula is C20H32IN3O4S. The number of sulfone groups is 1. The van der Waals surface area contributed by atoms with E-state index in [9.17, 15) is 8.42 Å². The average Bonchev–Trinajstić information content (AvgIpc) is 3.30. The van der Waals surface area contributed by atoms with Gasteiger partial charge in [0.2, 0.25) is 0 Å². The molecule has 1 heterocycles. The second-order valence-corrected chi connectivity index (χ2v) is 9.64. The molecule has 1 unspecified atom stereocenters. The monoisotopic (exact) mass is 537 g/mol. The van der Waals surface area contributed by atoms with Crippen LogP contribution in [-0.2, 0) is 16.4 Å². The summed E-state index contributed by atoms with van der Waals surface area (Å²) in [4.78, 5) is 4.67. The maximum absolute atomic E-state index is 11.7. The zero-order valence-corrected chi connectivity index (χ0v) is 20.3. The quantitative estimate of drug-likeness (QED) is 0.316. The van der Waals surface area contributed by atoms with Gasteiger partial charge in [-0.15, -0.1) is 24.0 Å². The second-order valence-electron chi connectivity index (χ2n) is 7.41. The Kier molecular flexibility index (Phi) is 9.32. The molecule has 7 nitrogen and oxygen atoms in total. The minimum atomic E-state index is -2.93. The van der Waals surface area contributed by atoms with Crippen LogP contribution in [0.15, 0.2) is 23.2 Å². The normalized spacial score (nSPS) is 21.4. The predicted octanol–water partition coefficient (Wildman–Crippen LogP) is 2.88. The van der Waals surface area contributed by atoms with E-state index in [4.69, 9.17) is 9.47 Å². The van der Waals surface area contributed by atoms with Crippen LogP contribution in [0.2, 0.25) is 0 Å². The molecule has 9 heteroatoms. The molecule has 1 saturated carbocycles. The molecule has 0 amide bonds. The van der Waals surface area contributed by atoms with Gasteiger partial charge in [-0.1, -0.05) is 12.1 Å². The number of benzene rings is 1. The van der Waals surface area contributed by atoms with Gasteiger partial charge in [0.15, 0.2) is 27.3 Å². The summed E-state index contributed by atoms with van der Waals surface area (Å²) in [5.41, 5.74) is 0.961. The largest absolute Gasteiger partial charge is 0.493 e. The van der Waals surface area contributed by atoms with Crippen LogP contribution in [0.25, 0.3) is 0 Å². The van der Waals surface area contributed by atoms with E-state index in [2.05, 4.69) is 15.6 Å². The first-order valence-electron chi connectivity index (χ1n) is 10.1. The maximum Gasteiger partial charge on any atom is 0.191 e. The van der Waals surface area contributed by atoms with E-state index >= 15 is 0 Å². The number of para-hydroxylation sites is 1. The van der Waals surface area contributed by atoms with Crippen LogP contribution in [-0.4, -0.2) is 51.7 Å². The summed E-state index contributed by atoms with van der Waals surface area (Å²) in [5, 5.41) is 6.45. The lowest BCUT2D eigenvalue weighted by Gasteiger charge is -2.19. The number of hydrogen-bond acceptors (Lipinski definition) is 5. The number of ether oxygens (including phenoxy) is 2. The molecule has 0 spiro atoms. The highest BCUT2D eigenvalue weighted by Gasteiger charge is 2.28. The summed E-state index contributed by atoms with van der Waals surface area (Å²) in [6.45, 7) is 3.12. The molecular weight excluding hydrogens is 505 g/mol. The Bertz CT molecular complexity index is 795. The van der Waals surface area contributed by atoms with Crippen molar-refractivity contribution in [3.05, 3.63) is 23.8 Å². The highest BCUT2D eigenvalue weighted by atomic mass is 127. The third-order valence-electron chi connectivity index (χ3n) is 5.19. The van der Waals surface area contributed by atoms with Crippen molar-refractivity contribution in [2.45, 2.75) is 57.7 Å². The van der Waals surface area contributed by atoms with Gasteiger partial charge in [0.05, 0.1) is 31.3 Å². The third kappa shape index (κ3) is 6.91. The van der Waals surface area contributed by atoms with E-state index in [0.29, 0.717) is 25.5 Å². The molecule has 2 N–H and O–H groups in total. The molecule has 1 aliphatic carbocycles. The van der Waals surface area contributed by atoms with E-state index in [1.165, 1.54) is 12.8 Å². The lowest BCUT2D eigenvalue weighted by Crippen LogP contribution is -2.44. The molecule has 1 aromatic rings. The van der Waals surface area contributed by atoms with Crippen LogP contribution in [0.5, 0.6) is 11.5 Å². The molecule has 1 saturated heterocycles. The van der Waals surface area contributed by atoms with Gasteiger partial charge >= 0.3 is 0 Å². The van der Waals surface area contributed by atoms with Crippen molar-refractivity contribution in [3.63, 3.8) is 0 Å². The van der Waals surface area contributed by atoms with Crippen molar-refractivity contribution in [1.29, 1.82) is 0 Å². The molecule has 29 heavy (non-hydrogen) atoms. The van der Waals surface area contributed by atoms with Crippen LogP contribution in [0.3, 0.4) is 0 Å². The van der Waals surface area contributed by atoms with Gasteiger partial charge in [0, 0.05) is 18.2 Å². The Hall–Kier alpha value is -1.23. The standard InChI is InChI=1S/C20H31N3O4S.HI/c1-3-21-20(23-16-11-12-28(24,25)14-16)22-13-15-7-6-10-18(26-2)19(15)27-17-8-4-5-9-17;/h6-7,10,16-17H,3-5,8-9,11-14H2,1-2H3,(H2,21,22,23);1H. The fourth-order valence-electron chi connectivity index (χ4n) is 3.74. The predicted molar refractivity (Wildman–Crippen MR) is 126 cm³/mol. The number of rotatable bonds is 7. The van der Waals surface area contributed by atoms with E-state index in [1.54, 1.807) is 7.11 Å². The average molecular weight is 537 g/mol. The fraction of sp³-hybridized carbons (Fsp3) is 0.650. The van der Waals surface area contributed by atoms with Crippen molar-refractivity contribution in [2.24, 2.45) is 4.99 Å². The van der Waals surface area contributed by atoms with Crippen molar-refractivity contribution < 1.29 is 17.9 Å².